The van der Waals surface area contributed by atoms with Gasteiger partial charge in [-0.3, -0.25) is 4.79 Å². The van der Waals surface area contributed by atoms with E-state index < -0.39 is 57.4 Å². The molecule has 1 amide bonds. The SMILES string of the molecule is CCC(CC(CC(CC(C)C(=O)[O-])C(=O)[O-])C(=O)N1CC(P(c2ccccc2)c2ccccc2)CC1CP(c1ccccc1)c1ccccc1)C(=O)[O-].[Na+].[Na+].[Na+]. The summed E-state index contributed by atoms with van der Waals surface area (Å²) >= 11 is 0. The molecule has 0 saturated carbocycles. The Balaban J connectivity index is 0.00000361. The molecule has 6 atom stereocenters. The third kappa shape index (κ3) is 13.8. The van der Waals surface area contributed by atoms with Gasteiger partial charge in [0, 0.05) is 42.1 Å². The Morgan fingerprint density at radius 1 is 0.607 bits per heavy atom. The van der Waals surface area contributed by atoms with Crippen LogP contribution in [0.15, 0.2) is 121 Å². The number of carbonyl (C=O) groups excluding carboxylic acids is 4. The average molecular weight is 820 g/mol. The number of hydrogen-bond donors (Lipinski definition) is 0. The van der Waals surface area contributed by atoms with Crippen LogP contribution in [0, 0.1) is 23.7 Å². The minimum Gasteiger partial charge on any atom is -0.550 e. The van der Waals surface area contributed by atoms with Gasteiger partial charge in [-0.25, -0.2) is 0 Å². The predicted octanol–water partition coefficient (Wildman–Crippen LogP) is -6.45. The molecule has 4 aromatic rings. The molecule has 6 unspecified atom stereocenters. The topological polar surface area (TPSA) is 141 Å². The smallest absolute Gasteiger partial charge is 0.550 e. The third-order valence-electron chi connectivity index (χ3n) is 10.3. The fraction of sp³-hybridized carbons (Fsp3) is 0.349. The second kappa shape index (κ2) is 25.3. The monoisotopic (exact) mass is 819 g/mol. The molecular formula is C43H46NNa3O7P2. The summed E-state index contributed by atoms with van der Waals surface area (Å²) in [6.45, 7) is 3.48. The summed E-state index contributed by atoms with van der Waals surface area (Å²) in [6.07, 6.45) is 0.916. The predicted molar refractivity (Wildman–Crippen MR) is 206 cm³/mol. The summed E-state index contributed by atoms with van der Waals surface area (Å²) in [4.78, 5) is 53.3. The van der Waals surface area contributed by atoms with Gasteiger partial charge in [-0.15, -0.1) is 0 Å². The molecule has 0 bridgehead atoms. The van der Waals surface area contributed by atoms with Crippen LogP contribution < -0.4 is 125 Å². The first-order chi connectivity index (χ1) is 25.6. The van der Waals surface area contributed by atoms with Gasteiger partial charge in [-0.1, -0.05) is 135 Å². The van der Waals surface area contributed by atoms with E-state index in [2.05, 4.69) is 48.5 Å². The van der Waals surface area contributed by atoms with E-state index in [-0.39, 0.29) is 132 Å². The van der Waals surface area contributed by atoms with Crippen molar-refractivity contribution in [1.29, 1.82) is 0 Å². The first-order valence-corrected chi connectivity index (χ1v) is 21.2. The van der Waals surface area contributed by atoms with Crippen LogP contribution in [-0.2, 0) is 19.2 Å². The van der Waals surface area contributed by atoms with Crippen LogP contribution >= 0.6 is 15.8 Å². The molecule has 1 aliphatic rings. The molecule has 0 N–H and O–H groups in total. The van der Waals surface area contributed by atoms with Crippen LogP contribution in [0.5, 0.6) is 0 Å². The molecule has 0 radical (unpaired) electrons. The van der Waals surface area contributed by atoms with E-state index >= 15 is 4.79 Å². The molecule has 4 aromatic carbocycles. The van der Waals surface area contributed by atoms with Gasteiger partial charge in [0.05, 0.1) is 0 Å². The molecule has 1 saturated heterocycles. The fourth-order valence-corrected chi connectivity index (χ4v) is 13.0. The first kappa shape index (κ1) is 50.8. The second-order valence-electron chi connectivity index (χ2n) is 13.9. The number of rotatable bonds is 18. The molecule has 5 rings (SSSR count). The summed E-state index contributed by atoms with van der Waals surface area (Å²) in [7, 11) is -1.85. The third-order valence-corrected chi connectivity index (χ3v) is 15.8. The molecule has 278 valence electrons. The fourth-order valence-electron chi connectivity index (χ4n) is 7.52. The molecule has 0 spiro atoms. The Labute approximate surface area is 400 Å². The first-order valence-electron chi connectivity index (χ1n) is 18.3. The second-order valence-corrected chi connectivity index (χ2v) is 18.7. The van der Waals surface area contributed by atoms with Crippen molar-refractivity contribution in [2.24, 2.45) is 23.7 Å². The van der Waals surface area contributed by atoms with E-state index in [1.807, 2.05) is 77.7 Å². The Hall–Kier alpha value is -1.38. The molecule has 0 aliphatic carbocycles. The molecular weight excluding hydrogens is 773 g/mol. The normalized spacial score (nSPS) is 17.0. The zero-order valence-electron chi connectivity index (χ0n) is 33.2. The van der Waals surface area contributed by atoms with Crippen molar-refractivity contribution in [3.8, 4) is 0 Å². The van der Waals surface area contributed by atoms with Crippen LogP contribution in [0.1, 0.15) is 46.0 Å². The summed E-state index contributed by atoms with van der Waals surface area (Å²) < 4.78 is 0. The molecule has 8 nitrogen and oxygen atoms in total. The van der Waals surface area contributed by atoms with Crippen molar-refractivity contribution in [1.82, 2.24) is 4.90 Å². The van der Waals surface area contributed by atoms with Crippen LogP contribution in [0.4, 0.5) is 0 Å². The zero-order chi connectivity index (χ0) is 37.9. The number of benzene rings is 4. The Kier molecular flexibility index (Phi) is 22.9. The van der Waals surface area contributed by atoms with Gasteiger partial charge >= 0.3 is 88.7 Å². The van der Waals surface area contributed by atoms with Crippen LogP contribution in [0.25, 0.3) is 0 Å². The Morgan fingerprint density at radius 2 is 1.02 bits per heavy atom. The van der Waals surface area contributed by atoms with Gasteiger partial charge in [-0.05, 0) is 93.1 Å². The number of amides is 1. The van der Waals surface area contributed by atoms with Gasteiger partial charge in [0.15, 0.2) is 0 Å². The summed E-state index contributed by atoms with van der Waals surface area (Å²) in [5, 5.41) is 41.0. The molecule has 1 heterocycles. The van der Waals surface area contributed by atoms with Crippen molar-refractivity contribution < 1.29 is 123 Å². The van der Waals surface area contributed by atoms with Gasteiger partial charge in [-0.2, -0.15) is 0 Å². The summed E-state index contributed by atoms with van der Waals surface area (Å²) in [5.41, 5.74) is 0.0611. The van der Waals surface area contributed by atoms with E-state index in [0.717, 1.165) is 0 Å². The van der Waals surface area contributed by atoms with Crippen molar-refractivity contribution in [2.75, 3.05) is 12.7 Å². The maximum Gasteiger partial charge on any atom is 1.00 e. The van der Waals surface area contributed by atoms with Crippen molar-refractivity contribution in [2.45, 2.75) is 57.7 Å². The van der Waals surface area contributed by atoms with Gasteiger partial charge < -0.3 is 34.6 Å². The minimum absolute atomic E-state index is 0. The molecule has 0 aromatic heterocycles. The molecule has 56 heavy (non-hydrogen) atoms. The summed E-state index contributed by atoms with van der Waals surface area (Å²) in [5.74, 6) is -8.85. The molecule has 13 heteroatoms. The van der Waals surface area contributed by atoms with Crippen molar-refractivity contribution >= 4 is 60.9 Å². The number of aliphatic carboxylic acids is 3. The molecule has 1 aliphatic heterocycles. The van der Waals surface area contributed by atoms with Crippen LogP contribution in [-0.4, -0.2) is 53.1 Å². The van der Waals surface area contributed by atoms with E-state index in [1.54, 1.807) is 6.92 Å². The van der Waals surface area contributed by atoms with E-state index in [9.17, 15) is 29.7 Å². The standard InChI is InChI=1S/C43H49NO7P2.3Na/c1-3-31(42(48)49)25-32(26-33(43(50)51)24-30(2)41(46)47)40(45)44-28-39(53(37-20-12-6-13-21-37)38-22-14-7-15-23-38)27-34(44)29-52(35-16-8-4-9-17-35)36-18-10-5-11-19-36;;;/h4-23,30-34,39H,3,24-29H2,1-2H3,(H,46,47)(H,48,49)(H,50,51);;;/q;3*+1/p-3. The number of carboxylic acid groups (broad SMARTS) is 3. The molecule has 1 fully saturated rings. The number of hydrogen-bond acceptors (Lipinski definition) is 7. The quantitative estimate of drug-likeness (QED) is 0.0720. The number of carbonyl (C=O) groups is 4. The largest absolute Gasteiger partial charge is 1.00 e. The number of nitrogens with zero attached hydrogens (tertiary/aromatic N) is 1. The van der Waals surface area contributed by atoms with E-state index in [0.29, 0.717) is 19.1 Å². The van der Waals surface area contributed by atoms with Gasteiger partial charge in [0.25, 0.3) is 0 Å². The maximum absolute atomic E-state index is 15.1. The number of likely N-dealkylation sites (tertiary alicyclic amines) is 1. The Bertz CT molecular complexity index is 1730. The van der Waals surface area contributed by atoms with Crippen LogP contribution in [0.3, 0.4) is 0 Å². The van der Waals surface area contributed by atoms with E-state index in [1.165, 1.54) is 28.1 Å². The zero-order valence-corrected chi connectivity index (χ0v) is 40.9. The van der Waals surface area contributed by atoms with Crippen LogP contribution in [0.2, 0.25) is 0 Å². The van der Waals surface area contributed by atoms with Gasteiger partial charge in [0.1, 0.15) is 0 Å². The average Bonchev–Trinajstić information content (AvgIpc) is 3.59. The number of carboxylic acids is 3. The Morgan fingerprint density at radius 3 is 1.41 bits per heavy atom. The minimum atomic E-state index is -1.47. The van der Waals surface area contributed by atoms with Crippen molar-refractivity contribution in [3.05, 3.63) is 121 Å². The summed E-state index contributed by atoms with van der Waals surface area (Å²) in [6, 6.07) is 40.9. The van der Waals surface area contributed by atoms with Crippen molar-refractivity contribution in [3.63, 3.8) is 0 Å². The van der Waals surface area contributed by atoms with Gasteiger partial charge in [0.2, 0.25) is 5.91 Å². The maximum atomic E-state index is 15.1. The van der Waals surface area contributed by atoms with E-state index in [4.69, 9.17) is 0 Å².